The minimum atomic E-state index is -0.765. The number of nitrogens with one attached hydrogen (secondary N) is 1. The first kappa shape index (κ1) is 19.0. The maximum absolute atomic E-state index is 11.9. The summed E-state index contributed by atoms with van der Waals surface area (Å²) in [5, 5.41) is 12.0. The molecule has 1 heterocycles. The van der Waals surface area contributed by atoms with Crippen LogP contribution in [0.1, 0.15) is 37.8 Å². The zero-order valence-electron chi connectivity index (χ0n) is 13.8. The van der Waals surface area contributed by atoms with Gasteiger partial charge in [-0.15, -0.1) is 0 Å². The summed E-state index contributed by atoms with van der Waals surface area (Å²) in [6, 6.07) is 7.12. The summed E-state index contributed by atoms with van der Waals surface area (Å²) in [7, 11) is 0. The van der Waals surface area contributed by atoms with E-state index in [0.29, 0.717) is 29.6 Å². The van der Waals surface area contributed by atoms with Gasteiger partial charge < -0.3 is 14.8 Å². The first-order chi connectivity index (χ1) is 12.0. The summed E-state index contributed by atoms with van der Waals surface area (Å²) in [5.74, 6) is -0.418. The number of benzene rings is 1. The molecule has 0 radical (unpaired) electrons. The number of aliphatic carboxylic acids is 1. The van der Waals surface area contributed by atoms with Crippen LogP contribution in [-0.2, 0) is 16.0 Å². The number of hydrogen-bond acceptors (Lipinski definition) is 4. The molecule has 6 nitrogen and oxygen atoms in total. The molecule has 25 heavy (non-hydrogen) atoms. The fourth-order valence-corrected chi connectivity index (χ4v) is 2.45. The van der Waals surface area contributed by atoms with Gasteiger partial charge in [0.15, 0.2) is 0 Å². The predicted molar refractivity (Wildman–Crippen MR) is 94.4 cm³/mol. The monoisotopic (exact) mass is 364 g/mol. The molecule has 0 bridgehead atoms. The zero-order chi connectivity index (χ0) is 18.1. The Morgan fingerprint density at radius 2 is 1.84 bits per heavy atom. The molecule has 2 aromatic rings. The van der Waals surface area contributed by atoms with Crippen LogP contribution in [-0.4, -0.2) is 28.5 Å². The summed E-state index contributed by atoms with van der Waals surface area (Å²) < 4.78 is 5.40. The van der Waals surface area contributed by atoms with E-state index in [9.17, 15) is 9.59 Å². The lowest BCUT2D eigenvalue weighted by atomic mass is 10.1. The van der Waals surface area contributed by atoms with Crippen molar-refractivity contribution < 1.29 is 19.1 Å². The molecular formula is C18H21ClN2O4. The highest BCUT2D eigenvalue weighted by molar-refractivity contribution is 6.30. The molecule has 2 rings (SSSR count). The predicted octanol–water partition coefficient (Wildman–Crippen LogP) is 3.69. The summed E-state index contributed by atoms with van der Waals surface area (Å²) >= 11 is 5.85. The Kier molecular flexibility index (Phi) is 7.47. The number of rotatable bonds is 10. The van der Waals surface area contributed by atoms with Gasteiger partial charge in [0.25, 0.3) is 0 Å². The van der Waals surface area contributed by atoms with Crippen molar-refractivity contribution in [1.82, 2.24) is 10.3 Å². The van der Waals surface area contributed by atoms with Crippen molar-refractivity contribution in [2.24, 2.45) is 0 Å². The molecule has 0 fully saturated rings. The van der Waals surface area contributed by atoms with Crippen molar-refractivity contribution in [3.8, 4) is 11.5 Å². The maximum atomic E-state index is 11.9. The van der Waals surface area contributed by atoms with Gasteiger partial charge in [-0.1, -0.05) is 24.4 Å². The van der Waals surface area contributed by atoms with Gasteiger partial charge in [-0.3, -0.25) is 9.59 Å². The molecule has 1 aromatic heterocycles. The molecule has 0 aliphatic carbocycles. The van der Waals surface area contributed by atoms with E-state index in [1.807, 2.05) is 12.1 Å². The fraction of sp³-hybridized carbons (Fsp3) is 0.389. The number of carbonyl (C=O) groups excluding carboxylic acids is 1. The van der Waals surface area contributed by atoms with E-state index in [4.69, 9.17) is 21.1 Å². The third-order valence-corrected chi connectivity index (χ3v) is 3.88. The van der Waals surface area contributed by atoms with Crippen LogP contribution in [0.5, 0.6) is 0 Å². The van der Waals surface area contributed by atoms with Crippen LogP contribution in [0.4, 0.5) is 0 Å². The molecule has 2 N–H and O–H groups in total. The number of carboxylic acids is 1. The van der Waals surface area contributed by atoms with Crippen LogP contribution < -0.4 is 5.32 Å². The second kappa shape index (κ2) is 9.84. The summed E-state index contributed by atoms with van der Waals surface area (Å²) in [4.78, 5) is 26.6. The molecular weight excluding hydrogens is 344 g/mol. The average Bonchev–Trinajstić information content (AvgIpc) is 3.02. The van der Waals surface area contributed by atoms with Gasteiger partial charge in [0.1, 0.15) is 6.26 Å². The lowest BCUT2D eigenvalue weighted by molar-refractivity contribution is -0.137. The Morgan fingerprint density at radius 3 is 2.56 bits per heavy atom. The third-order valence-electron chi connectivity index (χ3n) is 3.62. The van der Waals surface area contributed by atoms with Crippen molar-refractivity contribution in [3.05, 3.63) is 41.2 Å². The van der Waals surface area contributed by atoms with E-state index in [0.717, 1.165) is 24.8 Å². The topological polar surface area (TPSA) is 92.4 Å². The van der Waals surface area contributed by atoms with Crippen LogP contribution in [0, 0.1) is 0 Å². The fourth-order valence-electron chi connectivity index (χ4n) is 2.32. The number of carboxylic acid groups (broad SMARTS) is 1. The van der Waals surface area contributed by atoms with Crippen molar-refractivity contribution in [1.29, 1.82) is 0 Å². The Labute approximate surface area is 151 Å². The minimum Gasteiger partial charge on any atom is -0.481 e. The first-order valence-corrected chi connectivity index (χ1v) is 8.61. The van der Waals surface area contributed by atoms with Gasteiger partial charge in [-0.25, -0.2) is 4.98 Å². The van der Waals surface area contributed by atoms with E-state index in [-0.39, 0.29) is 18.7 Å². The zero-order valence-corrected chi connectivity index (χ0v) is 14.6. The molecule has 1 amide bonds. The number of oxazole rings is 1. The minimum absolute atomic E-state index is 0.110. The van der Waals surface area contributed by atoms with Crippen molar-refractivity contribution in [2.75, 3.05) is 6.54 Å². The van der Waals surface area contributed by atoms with Crippen LogP contribution in [0.2, 0.25) is 5.02 Å². The number of aromatic nitrogens is 1. The Morgan fingerprint density at radius 1 is 1.12 bits per heavy atom. The van der Waals surface area contributed by atoms with Crippen molar-refractivity contribution in [2.45, 2.75) is 38.5 Å². The molecule has 1 aromatic carbocycles. The van der Waals surface area contributed by atoms with Gasteiger partial charge in [0.2, 0.25) is 11.8 Å². The van der Waals surface area contributed by atoms with Gasteiger partial charge in [0, 0.05) is 23.6 Å². The molecule has 0 unspecified atom stereocenters. The van der Waals surface area contributed by atoms with Crippen LogP contribution >= 0.6 is 11.6 Å². The second-order valence-corrected chi connectivity index (χ2v) is 6.17. The molecule has 0 spiro atoms. The third kappa shape index (κ3) is 6.97. The standard InChI is InChI=1S/C18H21ClN2O4/c19-14-8-6-13(7-9-14)18-21-15(12-25-18)11-16(22)20-10-4-2-1-3-5-17(23)24/h6-9,12H,1-5,10-11H2,(H,20,22)(H,23,24). The highest BCUT2D eigenvalue weighted by Gasteiger charge is 2.10. The lowest BCUT2D eigenvalue weighted by Crippen LogP contribution is -2.26. The normalized spacial score (nSPS) is 10.6. The quantitative estimate of drug-likeness (QED) is 0.627. The Balaban J connectivity index is 1.67. The molecule has 0 saturated heterocycles. The maximum Gasteiger partial charge on any atom is 0.303 e. The summed E-state index contributed by atoms with van der Waals surface area (Å²) in [5.41, 5.74) is 1.38. The van der Waals surface area contributed by atoms with Crippen LogP contribution in [0.15, 0.2) is 34.9 Å². The first-order valence-electron chi connectivity index (χ1n) is 8.23. The molecule has 134 valence electrons. The van der Waals surface area contributed by atoms with E-state index in [1.54, 1.807) is 12.1 Å². The van der Waals surface area contributed by atoms with Gasteiger partial charge in [-0.2, -0.15) is 0 Å². The van der Waals surface area contributed by atoms with E-state index in [2.05, 4.69) is 10.3 Å². The molecule has 0 aliphatic heterocycles. The number of halogens is 1. The van der Waals surface area contributed by atoms with Gasteiger partial charge in [0.05, 0.1) is 12.1 Å². The van der Waals surface area contributed by atoms with E-state index < -0.39 is 5.97 Å². The Bertz CT molecular complexity index is 697. The smallest absolute Gasteiger partial charge is 0.303 e. The second-order valence-electron chi connectivity index (χ2n) is 5.74. The number of unbranched alkanes of at least 4 members (excludes halogenated alkanes) is 3. The van der Waals surface area contributed by atoms with Gasteiger partial charge in [-0.05, 0) is 37.1 Å². The average molecular weight is 365 g/mol. The van der Waals surface area contributed by atoms with Crippen molar-refractivity contribution >= 4 is 23.5 Å². The highest BCUT2D eigenvalue weighted by atomic mass is 35.5. The molecule has 7 heteroatoms. The van der Waals surface area contributed by atoms with E-state index >= 15 is 0 Å². The number of carbonyl (C=O) groups is 2. The molecule has 0 aliphatic rings. The lowest BCUT2D eigenvalue weighted by Gasteiger charge is -2.03. The number of amides is 1. The van der Waals surface area contributed by atoms with Crippen LogP contribution in [0.3, 0.4) is 0 Å². The van der Waals surface area contributed by atoms with E-state index in [1.165, 1.54) is 6.26 Å². The van der Waals surface area contributed by atoms with Crippen LogP contribution in [0.25, 0.3) is 11.5 Å². The highest BCUT2D eigenvalue weighted by Crippen LogP contribution is 2.21. The number of nitrogens with zero attached hydrogens (tertiary/aromatic N) is 1. The molecule has 0 saturated carbocycles. The molecule has 0 atom stereocenters. The number of hydrogen-bond donors (Lipinski definition) is 2. The largest absolute Gasteiger partial charge is 0.481 e. The Hall–Kier alpha value is -2.34. The van der Waals surface area contributed by atoms with Gasteiger partial charge >= 0.3 is 5.97 Å². The summed E-state index contributed by atoms with van der Waals surface area (Å²) in [6.45, 7) is 0.577. The SMILES string of the molecule is O=C(O)CCCCCCNC(=O)Cc1coc(-c2ccc(Cl)cc2)n1. The summed E-state index contributed by atoms with van der Waals surface area (Å²) in [6.07, 6.45) is 5.12. The van der Waals surface area contributed by atoms with Crippen molar-refractivity contribution in [3.63, 3.8) is 0 Å².